The lowest BCUT2D eigenvalue weighted by Gasteiger charge is -2.16. The van der Waals surface area contributed by atoms with E-state index in [1.54, 1.807) is 19.1 Å². The Morgan fingerprint density at radius 3 is 2.42 bits per heavy atom. The topological polar surface area (TPSA) is 89.3 Å². The van der Waals surface area contributed by atoms with Crippen molar-refractivity contribution in [3.63, 3.8) is 0 Å². The molecule has 1 aromatic carbocycles. The second-order valence-corrected chi connectivity index (χ2v) is 6.62. The fraction of sp³-hybridized carbons (Fsp3) is 0.400. The van der Waals surface area contributed by atoms with Gasteiger partial charge in [-0.25, -0.2) is 9.78 Å². The monoisotopic (exact) mass is 356 g/mol. The number of nitrogens with zero attached hydrogens (tertiary/aromatic N) is 1. The summed E-state index contributed by atoms with van der Waals surface area (Å²) in [6.07, 6.45) is -0.543. The second kappa shape index (κ2) is 8.56. The second-order valence-electron chi connectivity index (χ2n) is 6.62. The molecule has 0 saturated carbocycles. The largest absolute Gasteiger partial charge is 0.450 e. The molecule has 0 aliphatic rings. The molecule has 0 aliphatic heterocycles. The van der Waals surface area contributed by atoms with E-state index in [0.717, 1.165) is 0 Å². The molecule has 140 valence electrons. The molecule has 1 amide bonds. The predicted octanol–water partition coefficient (Wildman–Crippen LogP) is 4.58. The highest BCUT2D eigenvalue weighted by atomic mass is 16.5. The first-order chi connectivity index (χ1) is 12.3. The summed E-state index contributed by atoms with van der Waals surface area (Å²) in [4.78, 5) is 15.8. The molecule has 0 bridgehead atoms. The van der Waals surface area contributed by atoms with Crippen LogP contribution in [0.1, 0.15) is 48.9 Å². The van der Waals surface area contributed by atoms with Crippen LogP contribution in [-0.2, 0) is 11.3 Å². The Bertz CT molecular complexity index is 764. The summed E-state index contributed by atoms with van der Waals surface area (Å²) in [5.41, 5.74) is 11.5. The summed E-state index contributed by atoms with van der Waals surface area (Å²) in [5.74, 6) is 1.41. The number of nitrogen functional groups attached to an aromatic ring is 1. The van der Waals surface area contributed by atoms with Crippen LogP contribution < -0.4 is 16.4 Å². The molecule has 1 aromatic heterocycles. The van der Waals surface area contributed by atoms with E-state index in [-0.39, 0.29) is 5.82 Å². The summed E-state index contributed by atoms with van der Waals surface area (Å²) in [6.45, 7) is 11.4. The molecule has 6 heteroatoms. The number of aryl methyl sites for hydroxylation is 2. The molecular weight excluding hydrogens is 328 g/mol. The number of benzene rings is 1. The minimum absolute atomic E-state index is 0.242. The molecule has 26 heavy (non-hydrogen) atoms. The van der Waals surface area contributed by atoms with Crippen molar-refractivity contribution in [2.75, 3.05) is 23.0 Å². The summed E-state index contributed by atoms with van der Waals surface area (Å²) in [7, 11) is 0. The molecule has 0 saturated heterocycles. The van der Waals surface area contributed by atoms with Gasteiger partial charge in [-0.2, -0.15) is 0 Å². The van der Waals surface area contributed by atoms with Gasteiger partial charge < -0.3 is 15.8 Å². The molecule has 0 spiro atoms. The third-order valence-electron chi connectivity index (χ3n) is 4.27. The van der Waals surface area contributed by atoms with Crippen molar-refractivity contribution >= 4 is 23.4 Å². The lowest BCUT2D eigenvalue weighted by atomic mass is 9.94. The summed E-state index contributed by atoms with van der Waals surface area (Å²) in [5, 5.41) is 5.87. The van der Waals surface area contributed by atoms with Crippen LogP contribution >= 0.6 is 0 Å². The maximum atomic E-state index is 11.5. The highest BCUT2D eigenvalue weighted by Gasteiger charge is 2.10. The molecule has 0 fully saturated rings. The molecule has 1 heterocycles. The van der Waals surface area contributed by atoms with Gasteiger partial charge in [-0.05, 0) is 61.1 Å². The maximum absolute atomic E-state index is 11.5. The number of rotatable bonds is 6. The first-order valence-electron chi connectivity index (χ1n) is 8.86. The molecule has 0 radical (unpaired) electrons. The lowest BCUT2D eigenvalue weighted by Crippen LogP contribution is -2.15. The minimum Gasteiger partial charge on any atom is -0.450 e. The van der Waals surface area contributed by atoms with E-state index in [0.29, 0.717) is 30.6 Å². The van der Waals surface area contributed by atoms with Crippen LogP contribution in [0.15, 0.2) is 24.3 Å². The Morgan fingerprint density at radius 1 is 1.23 bits per heavy atom. The minimum atomic E-state index is -0.543. The van der Waals surface area contributed by atoms with E-state index in [2.05, 4.69) is 55.4 Å². The number of hydrogen-bond donors (Lipinski definition) is 3. The number of aromatic nitrogens is 1. The predicted molar refractivity (Wildman–Crippen MR) is 107 cm³/mol. The van der Waals surface area contributed by atoms with E-state index >= 15 is 0 Å². The average molecular weight is 356 g/mol. The Morgan fingerprint density at radius 2 is 1.88 bits per heavy atom. The maximum Gasteiger partial charge on any atom is 0.411 e. The van der Waals surface area contributed by atoms with E-state index in [1.807, 2.05) is 0 Å². The zero-order chi connectivity index (χ0) is 19.3. The standard InChI is InChI=1S/C20H28N4O2/c1-6-26-20(25)23-17-7-8-18(24-19(17)21)22-11-16-13(4)9-15(12(2)3)10-14(16)5/h7-10,12H,6,11H2,1-5H3,(H,23,25)(H3,21,22,24). The number of ether oxygens (including phenoxy) is 1. The molecule has 4 N–H and O–H groups in total. The van der Waals surface area contributed by atoms with Crippen LogP contribution in [0, 0.1) is 13.8 Å². The SMILES string of the molecule is CCOC(=O)Nc1ccc(NCc2c(C)cc(C(C)C)cc2C)nc1N. The van der Waals surface area contributed by atoms with Crippen molar-refractivity contribution < 1.29 is 9.53 Å². The van der Waals surface area contributed by atoms with Crippen molar-refractivity contribution in [2.24, 2.45) is 0 Å². The van der Waals surface area contributed by atoms with Gasteiger partial charge in [0, 0.05) is 6.54 Å². The number of pyridine rings is 1. The van der Waals surface area contributed by atoms with Crippen LogP contribution in [0.2, 0.25) is 0 Å². The van der Waals surface area contributed by atoms with Gasteiger partial charge in [0.15, 0.2) is 0 Å². The Kier molecular flexibility index (Phi) is 6.44. The number of carbonyl (C=O) groups excluding carboxylic acids is 1. The van der Waals surface area contributed by atoms with Gasteiger partial charge in [-0.3, -0.25) is 5.32 Å². The number of anilines is 3. The summed E-state index contributed by atoms with van der Waals surface area (Å²) in [6, 6.07) is 7.97. The van der Waals surface area contributed by atoms with E-state index < -0.39 is 6.09 Å². The molecule has 0 unspecified atom stereocenters. The first kappa shape index (κ1) is 19.6. The van der Waals surface area contributed by atoms with Crippen molar-refractivity contribution in [1.29, 1.82) is 0 Å². The third kappa shape index (κ3) is 4.88. The highest BCUT2D eigenvalue weighted by Crippen LogP contribution is 2.24. The van der Waals surface area contributed by atoms with Crippen LogP contribution in [0.5, 0.6) is 0 Å². The van der Waals surface area contributed by atoms with Gasteiger partial charge >= 0.3 is 6.09 Å². The van der Waals surface area contributed by atoms with E-state index in [9.17, 15) is 4.79 Å². The Labute approximate surface area is 155 Å². The van der Waals surface area contributed by atoms with E-state index in [1.165, 1.54) is 22.3 Å². The van der Waals surface area contributed by atoms with Gasteiger partial charge in [0.2, 0.25) is 0 Å². The molecule has 6 nitrogen and oxygen atoms in total. The average Bonchev–Trinajstić information content (AvgIpc) is 2.56. The number of nitrogens with one attached hydrogen (secondary N) is 2. The van der Waals surface area contributed by atoms with Gasteiger partial charge in [0.1, 0.15) is 11.6 Å². The van der Waals surface area contributed by atoms with Crippen molar-refractivity contribution in [3.8, 4) is 0 Å². The fourth-order valence-corrected chi connectivity index (χ4v) is 2.77. The van der Waals surface area contributed by atoms with E-state index in [4.69, 9.17) is 10.5 Å². The quantitative estimate of drug-likeness (QED) is 0.705. The molecule has 2 rings (SSSR count). The Hall–Kier alpha value is -2.76. The molecule has 0 aliphatic carbocycles. The van der Waals surface area contributed by atoms with Gasteiger partial charge in [0.25, 0.3) is 0 Å². The molecule has 0 atom stereocenters. The van der Waals surface area contributed by atoms with Crippen molar-refractivity contribution in [1.82, 2.24) is 4.98 Å². The zero-order valence-corrected chi connectivity index (χ0v) is 16.1. The van der Waals surface area contributed by atoms with Gasteiger partial charge in [-0.1, -0.05) is 26.0 Å². The fourth-order valence-electron chi connectivity index (χ4n) is 2.77. The van der Waals surface area contributed by atoms with Crippen molar-refractivity contribution in [2.45, 2.75) is 47.1 Å². The lowest BCUT2D eigenvalue weighted by molar-refractivity contribution is 0.168. The smallest absolute Gasteiger partial charge is 0.411 e. The number of hydrogen-bond acceptors (Lipinski definition) is 5. The highest BCUT2D eigenvalue weighted by molar-refractivity contribution is 5.88. The Balaban J connectivity index is 2.08. The van der Waals surface area contributed by atoms with Crippen LogP contribution in [0.3, 0.4) is 0 Å². The van der Waals surface area contributed by atoms with Crippen LogP contribution in [0.25, 0.3) is 0 Å². The third-order valence-corrected chi connectivity index (χ3v) is 4.27. The first-order valence-corrected chi connectivity index (χ1v) is 8.86. The number of carbonyl (C=O) groups is 1. The van der Waals surface area contributed by atoms with Crippen molar-refractivity contribution in [3.05, 3.63) is 46.5 Å². The summed E-state index contributed by atoms with van der Waals surface area (Å²) < 4.78 is 4.84. The molecular formula is C20H28N4O2. The normalized spacial score (nSPS) is 10.7. The molecule has 2 aromatic rings. The number of amides is 1. The van der Waals surface area contributed by atoms with Gasteiger partial charge in [0.05, 0.1) is 12.3 Å². The van der Waals surface area contributed by atoms with Crippen LogP contribution in [-0.4, -0.2) is 17.7 Å². The van der Waals surface area contributed by atoms with Crippen LogP contribution in [0.4, 0.5) is 22.1 Å². The number of nitrogens with two attached hydrogens (primary N) is 1. The summed E-state index contributed by atoms with van der Waals surface area (Å²) >= 11 is 0. The van der Waals surface area contributed by atoms with Gasteiger partial charge in [-0.15, -0.1) is 0 Å². The zero-order valence-electron chi connectivity index (χ0n) is 16.1.